The van der Waals surface area contributed by atoms with E-state index in [-0.39, 0.29) is 17.4 Å². The molecule has 10 nitrogen and oxygen atoms in total. The number of para-hydroxylation sites is 1. The van der Waals surface area contributed by atoms with Gasteiger partial charge in [-0.3, -0.25) is 4.98 Å². The summed E-state index contributed by atoms with van der Waals surface area (Å²) < 4.78 is 1.51. The highest BCUT2D eigenvalue weighted by atomic mass is 16.3. The number of aromatic hydroxyl groups is 2. The number of fused-ring (bicyclic) bond motifs is 1. The van der Waals surface area contributed by atoms with E-state index in [1.54, 1.807) is 12.3 Å². The van der Waals surface area contributed by atoms with Crippen LogP contribution in [0.4, 0.5) is 11.6 Å². The van der Waals surface area contributed by atoms with Gasteiger partial charge in [-0.1, -0.05) is 48.5 Å². The number of hydrogen-bond donors (Lipinski definition) is 4. The molecule has 5 rings (SSSR count). The number of hydrogen-bond acceptors (Lipinski definition) is 8. The van der Waals surface area contributed by atoms with Crippen molar-refractivity contribution in [1.82, 2.24) is 24.6 Å². The van der Waals surface area contributed by atoms with Crippen molar-refractivity contribution < 1.29 is 10.2 Å². The van der Waals surface area contributed by atoms with Crippen LogP contribution >= 0.6 is 0 Å². The van der Waals surface area contributed by atoms with Crippen LogP contribution < -0.4 is 16.2 Å². The highest BCUT2D eigenvalue weighted by molar-refractivity contribution is 5.62. The summed E-state index contributed by atoms with van der Waals surface area (Å²) in [5.41, 5.74) is 2.36. The minimum absolute atomic E-state index is 0.0950. The monoisotopic (exact) mass is 450 g/mol. The van der Waals surface area contributed by atoms with Gasteiger partial charge in [0.2, 0.25) is 5.95 Å². The normalized spacial score (nSPS) is 13.1. The van der Waals surface area contributed by atoms with Gasteiger partial charge in [0.1, 0.15) is 0 Å². The molecular weight excluding hydrogens is 432 g/mol. The van der Waals surface area contributed by atoms with Crippen molar-refractivity contribution in [2.75, 3.05) is 5.32 Å². The highest BCUT2D eigenvalue weighted by Crippen LogP contribution is 2.22. The molecule has 0 aliphatic rings. The van der Waals surface area contributed by atoms with Gasteiger partial charge in [0.15, 0.2) is 23.4 Å². The second kappa shape index (κ2) is 8.76. The molecule has 34 heavy (non-hydrogen) atoms. The van der Waals surface area contributed by atoms with Crippen LogP contribution in [0, 0.1) is 11.3 Å². The van der Waals surface area contributed by atoms with E-state index in [1.807, 2.05) is 60.7 Å². The van der Waals surface area contributed by atoms with Crippen LogP contribution in [0.3, 0.4) is 0 Å². The Labute approximate surface area is 192 Å². The second-order valence-corrected chi connectivity index (χ2v) is 7.35. The van der Waals surface area contributed by atoms with E-state index < -0.39 is 6.04 Å². The molecular formula is C24H18N8O2. The SMILES string of the molecule is N#CC(N=c1nc(Nc2ccccc2)n2ncc(=Cc3cc(O)[nH]c3O)c2n1)c1ccccc1. The maximum absolute atomic E-state index is 10.0. The maximum atomic E-state index is 10.0. The Morgan fingerprint density at radius 3 is 2.47 bits per heavy atom. The summed E-state index contributed by atoms with van der Waals surface area (Å²) >= 11 is 0. The fourth-order valence-corrected chi connectivity index (χ4v) is 3.43. The van der Waals surface area contributed by atoms with E-state index in [2.05, 4.69) is 36.4 Å². The quantitative estimate of drug-likeness (QED) is 0.321. The molecule has 4 N–H and O–H groups in total. The zero-order valence-corrected chi connectivity index (χ0v) is 17.7. The summed E-state index contributed by atoms with van der Waals surface area (Å²) in [7, 11) is 0. The largest absolute Gasteiger partial charge is 0.494 e. The standard InChI is InChI=1S/C24H18N8O2/c25-13-19(15-7-3-1-4-8-15)28-23-30-21-17(11-16-12-20(33)29-22(16)34)14-26-32(21)24(31-23)27-18-9-5-2-6-10-18/h1-12,14,19,29,33-34H,(H,27,28,31). The van der Waals surface area contributed by atoms with Crippen molar-refractivity contribution in [2.24, 2.45) is 4.99 Å². The molecule has 10 heteroatoms. The van der Waals surface area contributed by atoms with Crippen molar-refractivity contribution >= 4 is 23.4 Å². The van der Waals surface area contributed by atoms with Gasteiger partial charge in [-0.15, -0.1) is 0 Å². The number of nitrogens with one attached hydrogen (secondary N) is 2. The molecule has 0 saturated carbocycles. The topological polar surface area (TPSA) is 148 Å². The molecule has 1 atom stereocenters. The van der Waals surface area contributed by atoms with Crippen LogP contribution in [0.2, 0.25) is 0 Å². The number of rotatable bonds is 5. The van der Waals surface area contributed by atoms with Crippen LogP contribution in [-0.2, 0) is 0 Å². The summed E-state index contributed by atoms with van der Waals surface area (Å²) in [5, 5.41) is 37.5. The smallest absolute Gasteiger partial charge is 0.251 e. The zero-order valence-electron chi connectivity index (χ0n) is 17.7. The predicted octanol–water partition coefficient (Wildman–Crippen LogP) is 2.32. The Kier molecular flexibility index (Phi) is 5.34. The first-order valence-corrected chi connectivity index (χ1v) is 10.3. The Bertz CT molecular complexity index is 1620. The summed E-state index contributed by atoms with van der Waals surface area (Å²) in [5.74, 6) is -0.00995. The second-order valence-electron chi connectivity index (χ2n) is 7.35. The van der Waals surface area contributed by atoms with Gasteiger partial charge in [-0.2, -0.15) is 24.8 Å². The molecule has 0 bridgehead atoms. The molecule has 5 aromatic rings. The molecule has 0 radical (unpaired) electrons. The van der Waals surface area contributed by atoms with Crippen molar-refractivity contribution in [3.05, 3.63) is 94.9 Å². The van der Waals surface area contributed by atoms with Gasteiger partial charge in [0.05, 0.1) is 12.3 Å². The van der Waals surface area contributed by atoms with Crippen LogP contribution in [0.15, 0.2) is 77.9 Å². The third-order valence-electron chi connectivity index (χ3n) is 5.02. The van der Waals surface area contributed by atoms with Gasteiger partial charge in [0, 0.05) is 22.5 Å². The van der Waals surface area contributed by atoms with E-state index in [9.17, 15) is 15.5 Å². The molecule has 0 spiro atoms. The molecule has 3 heterocycles. The Morgan fingerprint density at radius 2 is 1.79 bits per heavy atom. The van der Waals surface area contributed by atoms with Crippen molar-refractivity contribution in [3.8, 4) is 17.8 Å². The van der Waals surface area contributed by atoms with E-state index in [0.717, 1.165) is 11.3 Å². The van der Waals surface area contributed by atoms with Crippen molar-refractivity contribution in [2.45, 2.75) is 6.04 Å². The maximum Gasteiger partial charge on any atom is 0.251 e. The van der Waals surface area contributed by atoms with E-state index >= 15 is 0 Å². The summed E-state index contributed by atoms with van der Waals surface area (Å²) in [6.45, 7) is 0. The lowest BCUT2D eigenvalue weighted by molar-refractivity contribution is 0.425. The fourth-order valence-electron chi connectivity index (χ4n) is 3.43. The Morgan fingerprint density at radius 1 is 1.06 bits per heavy atom. The van der Waals surface area contributed by atoms with E-state index in [1.165, 1.54) is 10.6 Å². The van der Waals surface area contributed by atoms with Crippen molar-refractivity contribution in [3.63, 3.8) is 0 Å². The van der Waals surface area contributed by atoms with Gasteiger partial charge >= 0.3 is 0 Å². The third kappa shape index (κ3) is 4.13. The number of anilines is 2. The summed E-state index contributed by atoms with van der Waals surface area (Å²) in [6.07, 6.45) is 3.18. The zero-order chi connectivity index (χ0) is 23.5. The molecule has 0 amide bonds. The number of benzene rings is 2. The van der Waals surface area contributed by atoms with Crippen LogP contribution in [-0.4, -0.2) is 34.8 Å². The van der Waals surface area contributed by atoms with E-state index in [0.29, 0.717) is 22.4 Å². The summed E-state index contributed by atoms with van der Waals surface area (Å²) in [4.78, 5) is 15.9. The molecule has 0 aliphatic carbocycles. The summed E-state index contributed by atoms with van der Waals surface area (Å²) in [6, 6.07) is 21.4. The van der Waals surface area contributed by atoms with Crippen LogP contribution in [0.5, 0.6) is 11.8 Å². The van der Waals surface area contributed by atoms with Gasteiger partial charge in [0.25, 0.3) is 5.62 Å². The molecule has 0 fully saturated rings. The van der Waals surface area contributed by atoms with E-state index in [4.69, 9.17) is 0 Å². The van der Waals surface area contributed by atoms with Crippen LogP contribution in [0.1, 0.15) is 17.2 Å². The Hall–Kier alpha value is -5.17. The van der Waals surface area contributed by atoms with Gasteiger partial charge < -0.3 is 15.5 Å². The number of aromatic amines is 1. The molecule has 0 saturated heterocycles. The first-order valence-electron chi connectivity index (χ1n) is 10.3. The average Bonchev–Trinajstić information content (AvgIpc) is 3.40. The first-order chi connectivity index (χ1) is 16.6. The lowest BCUT2D eigenvalue weighted by atomic mass is 10.1. The number of nitrogens with zero attached hydrogens (tertiary/aromatic N) is 6. The third-order valence-corrected chi connectivity index (χ3v) is 5.02. The minimum atomic E-state index is -0.797. The first kappa shape index (κ1) is 20.7. The average molecular weight is 450 g/mol. The molecule has 1 unspecified atom stereocenters. The predicted molar refractivity (Wildman–Crippen MR) is 124 cm³/mol. The highest BCUT2D eigenvalue weighted by Gasteiger charge is 2.13. The number of nitriles is 1. The van der Waals surface area contributed by atoms with Crippen molar-refractivity contribution in [1.29, 1.82) is 5.26 Å². The lowest BCUT2D eigenvalue weighted by Crippen LogP contribution is -2.22. The molecule has 2 aromatic carbocycles. The number of aromatic nitrogens is 5. The van der Waals surface area contributed by atoms with Gasteiger partial charge in [-0.25, -0.2) is 4.99 Å². The van der Waals surface area contributed by atoms with Crippen LogP contribution in [0.25, 0.3) is 11.7 Å². The minimum Gasteiger partial charge on any atom is -0.494 e. The molecule has 0 aliphatic heterocycles. The molecule has 166 valence electrons. The fraction of sp³-hybridized carbons (Fsp3) is 0.0417. The van der Waals surface area contributed by atoms with Gasteiger partial charge in [-0.05, 0) is 23.8 Å². The number of H-pyrrole nitrogens is 1. The lowest BCUT2D eigenvalue weighted by Gasteiger charge is -2.07. The molecule has 3 aromatic heterocycles. The Balaban J connectivity index is 1.71.